The van der Waals surface area contributed by atoms with E-state index in [1.807, 2.05) is 23.5 Å². The van der Waals surface area contributed by atoms with Crippen molar-refractivity contribution in [1.82, 2.24) is 0 Å². The van der Waals surface area contributed by atoms with Crippen molar-refractivity contribution in [3.8, 4) is 0 Å². The molecular weight excluding hydrogens is 246 g/mol. The fraction of sp³-hybridized carbons (Fsp3) is 0.214. The molecule has 1 aromatic carbocycles. The molecule has 0 aliphatic rings. The van der Waals surface area contributed by atoms with E-state index in [4.69, 9.17) is 0 Å². The van der Waals surface area contributed by atoms with E-state index in [-0.39, 0.29) is 0 Å². The highest BCUT2D eigenvalue weighted by Crippen LogP contribution is 2.25. The fourth-order valence-electron chi connectivity index (χ4n) is 1.53. The molecule has 1 nitrogen and oxygen atoms in total. The predicted octanol–water partition coefficient (Wildman–Crippen LogP) is 3.84. The van der Waals surface area contributed by atoms with Crippen LogP contribution in [0.15, 0.2) is 64.6 Å². The molecule has 0 fully saturated rings. The van der Waals surface area contributed by atoms with Gasteiger partial charge in [0, 0.05) is 17.0 Å². The third-order valence-corrected chi connectivity index (χ3v) is 4.63. The number of pyridine rings is 1. The number of thioether (sulfide) groups is 2. The average molecular weight is 262 g/mol. The van der Waals surface area contributed by atoms with Crippen molar-refractivity contribution in [2.45, 2.75) is 23.4 Å². The number of hydrogen-bond acceptors (Lipinski definition) is 2. The molecule has 2 aromatic rings. The van der Waals surface area contributed by atoms with Gasteiger partial charge in [0.05, 0.1) is 5.08 Å². The molecule has 0 amide bonds. The zero-order valence-corrected chi connectivity index (χ0v) is 11.5. The molecule has 0 atom stereocenters. The lowest BCUT2D eigenvalue weighted by molar-refractivity contribution is -0.729. The van der Waals surface area contributed by atoms with Gasteiger partial charge < -0.3 is 0 Å². The van der Waals surface area contributed by atoms with Crippen molar-refractivity contribution >= 4 is 23.5 Å². The maximum Gasteiger partial charge on any atom is 0.240 e. The summed E-state index contributed by atoms with van der Waals surface area (Å²) in [7, 11) is 0. The minimum absolute atomic E-state index is 1.03. The van der Waals surface area contributed by atoms with Gasteiger partial charge in [0.2, 0.25) is 5.03 Å². The molecule has 0 saturated heterocycles. The zero-order chi connectivity index (χ0) is 11.9. The quantitative estimate of drug-likeness (QED) is 0.458. The lowest BCUT2D eigenvalue weighted by Crippen LogP contribution is -2.34. The molecule has 0 aliphatic carbocycles. The van der Waals surface area contributed by atoms with E-state index in [0.717, 1.165) is 11.6 Å². The van der Waals surface area contributed by atoms with Crippen molar-refractivity contribution in [2.75, 3.05) is 5.08 Å². The Balaban J connectivity index is 1.90. The Hall–Kier alpha value is -0.930. The molecule has 2 rings (SSSR count). The first-order chi connectivity index (χ1) is 8.40. The van der Waals surface area contributed by atoms with Crippen LogP contribution in [-0.4, -0.2) is 5.08 Å². The van der Waals surface area contributed by atoms with E-state index < -0.39 is 0 Å². The summed E-state index contributed by atoms with van der Waals surface area (Å²) in [5, 5.41) is 2.38. The molecule has 17 heavy (non-hydrogen) atoms. The van der Waals surface area contributed by atoms with Gasteiger partial charge in [0.25, 0.3) is 0 Å². The van der Waals surface area contributed by atoms with Gasteiger partial charge in [0.1, 0.15) is 6.54 Å². The normalized spacial score (nSPS) is 10.4. The fourth-order valence-corrected chi connectivity index (χ4v) is 3.67. The molecule has 0 aliphatic heterocycles. The topological polar surface area (TPSA) is 3.88 Å². The van der Waals surface area contributed by atoms with Gasteiger partial charge in [-0.05, 0) is 36.9 Å². The number of aryl methyl sites for hydroxylation is 1. The minimum atomic E-state index is 1.03. The number of rotatable bonds is 5. The van der Waals surface area contributed by atoms with Gasteiger partial charge in [-0.1, -0.05) is 18.2 Å². The number of benzene rings is 1. The summed E-state index contributed by atoms with van der Waals surface area (Å²) in [4.78, 5) is 1.33. The molecule has 1 heterocycles. The Morgan fingerprint density at radius 3 is 2.47 bits per heavy atom. The van der Waals surface area contributed by atoms with Gasteiger partial charge in [-0.25, -0.2) is 0 Å². The van der Waals surface area contributed by atoms with Crippen LogP contribution >= 0.6 is 23.5 Å². The van der Waals surface area contributed by atoms with Gasteiger partial charge in [-0.15, -0.1) is 11.8 Å². The van der Waals surface area contributed by atoms with Crippen molar-refractivity contribution in [3.05, 3.63) is 54.7 Å². The van der Waals surface area contributed by atoms with E-state index in [1.54, 1.807) is 0 Å². The van der Waals surface area contributed by atoms with Crippen LogP contribution in [0.1, 0.15) is 6.92 Å². The molecule has 88 valence electrons. The van der Waals surface area contributed by atoms with Crippen LogP contribution in [0.2, 0.25) is 0 Å². The molecule has 0 unspecified atom stereocenters. The van der Waals surface area contributed by atoms with E-state index in [9.17, 15) is 0 Å². The Morgan fingerprint density at radius 1 is 0.941 bits per heavy atom. The van der Waals surface area contributed by atoms with E-state index in [0.29, 0.717) is 0 Å². The predicted molar refractivity (Wildman–Crippen MR) is 75.3 cm³/mol. The maximum atomic E-state index is 2.27. The highest BCUT2D eigenvalue weighted by Gasteiger charge is 2.07. The third-order valence-electron chi connectivity index (χ3n) is 2.42. The second-order valence-electron chi connectivity index (χ2n) is 3.54. The standard InChI is InChI=1S/C14H16NS2/c1-2-15-11-7-6-10-14(15)17-12-16-13-8-4-3-5-9-13/h3-11H,2,12H2,1H3/q+1. The molecule has 0 radical (unpaired) electrons. The smallest absolute Gasteiger partial charge is 0.193 e. The van der Waals surface area contributed by atoms with Crippen molar-refractivity contribution in [1.29, 1.82) is 0 Å². The first-order valence-electron chi connectivity index (χ1n) is 5.69. The van der Waals surface area contributed by atoms with Crippen molar-refractivity contribution < 1.29 is 4.57 Å². The molecule has 3 heteroatoms. The lowest BCUT2D eigenvalue weighted by Gasteiger charge is -2.01. The largest absolute Gasteiger partial charge is 0.240 e. The second-order valence-corrected chi connectivity index (χ2v) is 5.95. The Bertz CT molecular complexity index is 457. The summed E-state index contributed by atoms with van der Waals surface area (Å²) >= 11 is 3.78. The summed E-state index contributed by atoms with van der Waals surface area (Å²) in [6.45, 7) is 3.20. The molecular formula is C14H16NS2+. The van der Waals surface area contributed by atoms with Crippen molar-refractivity contribution in [2.24, 2.45) is 0 Å². The first-order valence-corrected chi connectivity index (χ1v) is 7.66. The van der Waals surface area contributed by atoms with Crippen LogP contribution in [0, 0.1) is 0 Å². The highest BCUT2D eigenvalue weighted by atomic mass is 32.2. The van der Waals surface area contributed by atoms with Crippen LogP contribution in [0.3, 0.4) is 0 Å². The maximum absolute atomic E-state index is 2.27. The molecule has 1 aromatic heterocycles. The van der Waals surface area contributed by atoms with Gasteiger partial charge in [-0.2, -0.15) is 4.57 Å². The zero-order valence-electron chi connectivity index (χ0n) is 9.87. The van der Waals surface area contributed by atoms with E-state index >= 15 is 0 Å². The Morgan fingerprint density at radius 2 is 1.71 bits per heavy atom. The summed E-state index contributed by atoms with van der Waals surface area (Å²) in [5.41, 5.74) is 0. The third kappa shape index (κ3) is 3.79. The van der Waals surface area contributed by atoms with Crippen molar-refractivity contribution in [3.63, 3.8) is 0 Å². The number of nitrogens with zero attached hydrogens (tertiary/aromatic N) is 1. The number of aromatic nitrogens is 1. The number of hydrogen-bond donors (Lipinski definition) is 0. The van der Waals surface area contributed by atoms with Crippen LogP contribution < -0.4 is 4.57 Å². The molecule has 0 saturated carbocycles. The summed E-state index contributed by atoms with van der Waals surface area (Å²) in [6, 6.07) is 16.9. The second kappa shape index (κ2) is 6.72. The van der Waals surface area contributed by atoms with Gasteiger partial charge in [-0.3, -0.25) is 0 Å². The first kappa shape index (κ1) is 12.5. The summed E-state index contributed by atoms with van der Waals surface area (Å²) in [6.07, 6.45) is 2.13. The minimum Gasteiger partial charge on any atom is -0.193 e. The Labute approximate surface area is 111 Å². The van der Waals surface area contributed by atoms with E-state index in [2.05, 4.69) is 66.2 Å². The summed E-state index contributed by atoms with van der Waals surface area (Å²) in [5.74, 6) is 0. The monoisotopic (exact) mass is 262 g/mol. The average Bonchev–Trinajstić information content (AvgIpc) is 2.40. The van der Waals surface area contributed by atoms with Crippen LogP contribution in [0.25, 0.3) is 0 Å². The lowest BCUT2D eigenvalue weighted by atomic mass is 10.4. The van der Waals surface area contributed by atoms with Gasteiger partial charge in [0.15, 0.2) is 6.20 Å². The van der Waals surface area contributed by atoms with Gasteiger partial charge >= 0.3 is 0 Å². The molecule has 0 N–H and O–H groups in total. The SMILES string of the molecule is CC[n+]1ccccc1SCSc1ccccc1. The van der Waals surface area contributed by atoms with Crippen LogP contribution in [-0.2, 0) is 6.54 Å². The van der Waals surface area contributed by atoms with Crippen LogP contribution in [0.5, 0.6) is 0 Å². The van der Waals surface area contributed by atoms with E-state index in [1.165, 1.54) is 9.92 Å². The molecule has 0 bridgehead atoms. The molecule has 0 spiro atoms. The Kier molecular flexibility index (Phi) is 4.95. The van der Waals surface area contributed by atoms with Crippen LogP contribution in [0.4, 0.5) is 0 Å². The summed E-state index contributed by atoms with van der Waals surface area (Å²) < 4.78 is 2.27. The highest BCUT2D eigenvalue weighted by molar-refractivity contribution is 8.15.